The summed E-state index contributed by atoms with van der Waals surface area (Å²) in [5, 5.41) is 0. The molecule has 12 nitrogen and oxygen atoms in total. The second-order valence-corrected chi connectivity index (χ2v) is 9.00. The molecule has 13 heteroatoms. The largest absolute Gasteiger partial charge is 0.759 e. The summed E-state index contributed by atoms with van der Waals surface area (Å²) >= 11 is 0. The molecule has 0 aromatic carbocycles. The summed E-state index contributed by atoms with van der Waals surface area (Å²) in [5.41, 5.74) is 4.51. The van der Waals surface area contributed by atoms with Crippen LogP contribution >= 0.6 is 0 Å². The van der Waals surface area contributed by atoms with Crippen molar-refractivity contribution in [3.63, 3.8) is 0 Å². The van der Waals surface area contributed by atoms with Gasteiger partial charge in [-0.1, -0.05) is 13.2 Å². The lowest BCUT2D eigenvalue weighted by atomic mass is 10.4. The molecule has 0 saturated carbocycles. The Labute approximate surface area is 186 Å². The van der Waals surface area contributed by atoms with Crippen LogP contribution in [-0.2, 0) is 29.7 Å². The van der Waals surface area contributed by atoms with Gasteiger partial charge < -0.3 is 18.1 Å². The summed E-state index contributed by atoms with van der Waals surface area (Å²) < 4.78 is 35.9. The molecule has 31 heavy (non-hydrogen) atoms. The third-order valence-corrected chi connectivity index (χ3v) is 2.87. The van der Waals surface area contributed by atoms with E-state index < -0.39 is 10.4 Å². The van der Waals surface area contributed by atoms with Crippen LogP contribution in [0.1, 0.15) is 12.8 Å². The second-order valence-electron chi connectivity index (χ2n) is 8.18. The summed E-state index contributed by atoms with van der Waals surface area (Å²) in [5.74, 6) is -0.601. The number of carbonyl (C=O) groups is 2. The quantitative estimate of drug-likeness (QED) is 0.0946. The highest BCUT2D eigenvalue weighted by atomic mass is 32.3. The average molecular weight is 471 g/mol. The normalized spacial score (nSPS) is 11.1. The number of quaternary nitrogens is 2. The number of nitrogens with zero attached hydrogens (tertiary/aromatic N) is 2. The summed E-state index contributed by atoms with van der Waals surface area (Å²) in [6.07, 6.45) is 4.20. The molecule has 0 radical (unpaired) electrons. The third kappa shape index (κ3) is 47.4. The lowest BCUT2D eigenvalue weighted by Crippen LogP contribution is -2.36. The van der Waals surface area contributed by atoms with E-state index in [2.05, 4.69) is 66.4 Å². The maximum absolute atomic E-state index is 10.6. The van der Waals surface area contributed by atoms with Crippen LogP contribution in [0.4, 0.5) is 0 Å². The molecule has 0 spiro atoms. The molecule has 0 aliphatic rings. The van der Waals surface area contributed by atoms with Gasteiger partial charge in [0, 0.05) is 23.2 Å². The molecule has 0 aromatic rings. The van der Waals surface area contributed by atoms with Crippen LogP contribution in [0.2, 0.25) is 0 Å². The molecule has 0 aliphatic heterocycles. The van der Waals surface area contributed by atoms with E-state index in [1.54, 1.807) is 0 Å². The maximum Gasteiger partial charge on any atom is 0.266 e. The zero-order valence-electron chi connectivity index (χ0n) is 19.4. The molecule has 2 amide bonds. The van der Waals surface area contributed by atoms with Gasteiger partial charge in [-0.05, 0) is 12.2 Å². The van der Waals surface area contributed by atoms with E-state index in [0.717, 1.165) is 34.9 Å². The predicted octanol–water partition coefficient (Wildman–Crippen LogP) is -0.705. The number of amides is 2. The van der Waals surface area contributed by atoms with Gasteiger partial charge >= 0.3 is 0 Å². The molecule has 0 heterocycles. The highest BCUT2D eigenvalue weighted by molar-refractivity contribution is 7.79. The number of carbonyl (C=O) groups excluding carboxylic acids is 2. The van der Waals surface area contributed by atoms with Crippen molar-refractivity contribution in [2.75, 3.05) is 68.6 Å². The van der Waals surface area contributed by atoms with Gasteiger partial charge in [0.15, 0.2) is 0 Å². The zero-order chi connectivity index (χ0) is 25.1. The van der Waals surface area contributed by atoms with Gasteiger partial charge in [0.25, 0.3) is 11.8 Å². The highest BCUT2D eigenvalue weighted by Crippen LogP contribution is 1.93. The van der Waals surface area contributed by atoms with Crippen LogP contribution < -0.4 is 11.0 Å². The zero-order valence-corrected chi connectivity index (χ0v) is 20.2. The van der Waals surface area contributed by atoms with Gasteiger partial charge in [-0.15, -0.1) is 0 Å². The standard InChI is InChI=1S/2C9H18N2O2.H2O4S/c2*1-5-9(12)10-13-8-6-7-11(2,3)4;1-5(2,3)4/h2*5H,1,6-8H2,2-4H3;(H2,1,2,3,4). The van der Waals surface area contributed by atoms with Crippen LogP contribution in [0, 0.1) is 0 Å². The first-order chi connectivity index (χ1) is 13.9. The van der Waals surface area contributed by atoms with Crippen molar-refractivity contribution in [3.05, 3.63) is 25.3 Å². The van der Waals surface area contributed by atoms with E-state index in [4.69, 9.17) is 27.2 Å². The predicted molar refractivity (Wildman–Crippen MR) is 114 cm³/mol. The molecule has 2 N–H and O–H groups in total. The lowest BCUT2D eigenvalue weighted by Gasteiger charge is -2.23. The van der Waals surface area contributed by atoms with Gasteiger partial charge in [0.2, 0.25) is 0 Å². The van der Waals surface area contributed by atoms with E-state index in [0.29, 0.717) is 13.2 Å². The summed E-state index contributed by atoms with van der Waals surface area (Å²) in [7, 11) is 7.51. The number of nitrogens with one attached hydrogen (secondary N) is 2. The minimum Gasteiger partial charge on any atom is -0.759 e. The molecule has 0 aromatic heterocycles. The number of hydrogen-bond acceptors (Lipinski definition) is 8. The van der Waals surface area contributed by atoms with Gasteiger partial charge in [0.1, 0.15) is 0 Å². The van der Waals surface area contributed by atoms with Crippen LogP contribution in [0.15, 0.2) is 25.3 Å². The minimum atomic E-state index is -5.17. The Kier molecular flexibility index (Phi) is 19.4. The molecule has 0 rings (SSSR count). The third-order valence-electron chi connectivity index (χ3n) is 2.87. The van der Waals surface area contributed by atoms with Crippen molar-refractivity contribution in [1.29, 1.82) is 0 Å². The molecule has 0 unspecified atom stereocenters. The molecule has 184 valence electrons. The topological polar surface area (TPSA) is 157 Å². The van der Waals surface area contributed by atoms with E-state index in [1.807, 2.05) is 0 Å². The highest BCUT2D eigenvalue weighted by Gasteiger charge is 2.06. The van der Waals surface area contributed by atoms with Crippen molar-refractivity contribution in [1.82, 2.24) is 11.0 Å². The lowest BCUT2D eigenvalue weighted by molar-refractivity contribution is -0.870. The van der Waals surface area contributed by atoms with Gasteiger partial charge in [-0.3, -0.25) is 27.7 Å². The van der Waals surface area contributed by atoms with Crippen molar-refractivity contribution < 1.29 is 45.8 Å². The summed E-state index contributed by atoms with van der Waals surface area (Å²) in [6, 6.07) is 0. The van der Waals surface area contributed by atoms with E-state index in [-0.39, 0.29) is 11.8 Å². The molecule has 0 fully saturated rings. The van der Waals surface area contributed by atoms with Gasteiger partial charge in [0.05, 0.1) is 68.6 Å². The van der Waals surface area contributed by atoms with Crippen molar-refractivity contribution in [2.24, 2.45) is 0 Å². The Balaban J connectivity index is -0.000000416. The van der Waals surface area contributed by atoms with Crippen LogP contribution in [0.5, 0.6) is 0 Å². The van der Waals surface area contributed by atoms with Gasteiger partial charge in [-0.2, -0.15) is 0 Å². The minimum absolute atomic E-state index is 0.301. The van der Waals surface area contributed by atoms with E-state index >= 15 is 0 Å². The van der Waals surface area contributed by atoms with Crippen LogP contribution in [0.25, 0.3) is 0 Å². The Morgan fingerprint density at radius 2 is 1.06 bits per heavy atom. The fourth-order valence-electron chi connectivity index (χ4n) is 1.55. The summed E-state index contributed by atoms with van der Waals surface area (Å²) in [6.45, 7) is 9.72. The first-order valence-corrected chi connectivity index (χ1v) is 10.6. The maximum atomic E-state index is 10.6. The molecule has 0 saturated heterocycles. The second kappa shape index (κ2) is 17.8. The smallest absolute Gasteiger partial charge is 0.266 e. The van der Waals surface area contributed by atoms with E-state index in [9.17, 15) is 9.59 Å². The van der Waals surface area contributed by atoms with Crippen molar-refractivity contribution in [2.45, 2.75) is 12.8 Å². The van der Waals surface area contributed by atoms with Crippen LogP contribution in [0.3, 0.4) is 0 Å². The SMILES string of the molecule is C=CC(=O)NOCCC[N+](C)(C)C.C=CC(=O)NOCCC[N+](C)(C)C.O=S(=O)([O-])[O-]. The summed E-state index contributed by atoms with van der Waals surface area (Å²) in [4.78, 5) is 31.0. The molecule has 0 bridgehead atoms. The number of hydrogen-bond donors (Lipinski definition) is 2. The first-order valence-electron chi connectivity index (χ1n) is 9.27. The molecular weight excluding hydrogens is 432 g/mol. The fraction of sp³-hybridized carbons (Fsp3) is 0.667. The Morgan fingerprint density at radius 1 is 0.806 bits per heavy atom. The Morgan fingerprint density at radius 3 is 1.26 bits per heavy atom. The van der Waals surface area contributed by atoms with Crippen molar-refractivity contribution in [3.8, 4) is 0 Å². The monoisotopic (exact) mass is 470 g/mol. The molecule has 0 aliphatic carbocycles. The molecule has 0 atom stereocenters. The van der Waals surface area contributed by atoms with Crippen molar-refractivity contribution >= 4 is 22.2 Å². The Bertz CT molecular complexity index is 577. The average Bonchev–Trinajstić information content (AvgIpc) is 2.57. The van der Waals surface area contributed by atoms with E-state index in [1.165, 1.54) is 12.2 Å². The number of rotatable bonds is 12. The fourth-order valence-corrected chi connectivity index (χ4v) is 1.55. The van der Waals surface area contributed by atoms with Crippen LogP contribution in [-0.4, -0.2) is 107 Å². The molecular formula is C18H38N4O8S. The Hall–Kier alpha value is -1.87. The first kappa shape index (κ1) is 33.8. The number of hydroxylamine groups is 2. The van der Waals surface area contributed by atoms with Gasteiger partial charge in [-0.25, -0.2) is 11.0 Å².